The monoisotopic (exact) mass is 299 g/mol. The molecule has 21 heavy (non-hydrogen) atoms. The predicted molar refractivity (Wildman–Crippen MR) is 96.1 cm³/mol. The summed E-state index contributed by atoms with van der Waals surface area (Å²) in [6, 6.07) is 0. The van der Waals surface area contributed by atoms with Crippen LogP contribution in [0.2, 0.25) is 0 Å². The maximum atomic E-state index is 3.58. The SMILES string of the molecule is CC(C)(C)NCCCN(CCCNC(C)(C)C)C(C)(C)C. The maximum absolute atomic E-state index is 3.58. The Labute approximate surface area is 134 Å². The lowest BCUT2D eigenvalue weighted by Gasteiger charge is -2.36. The number of hydrogen-bond acceptors (Lipinski definition) is 3. The molecular weight excluding hydrogens is 258 g/mol. The largest absolute Gasteiger partial charge is 0.312 e. The van der Waals surface area contributed by atoms with Crippen molar-refractivity contribution in [2.24, 2.45) is 0 Å². The molecule has 0 aliphatic carbocycles. The van der Waals surface area contributed by atoms with Gasteiger partial charge in [-0.25, -0.2) is 0 Å². The molecule has 0 aliphatic rings. The van der Waals surface area contributed by atoms with E-state index in [0.717, 1.165) is 13.1 Å². The molecule has 0 heterocycles. The Hall–Kier alpha value is -0.120. The summed E-state index contributed by atoms with van der Waals surface area (Å²) >= 11 is 0. The molecule has 2 N–H and O–H groups in total. The minimum atomic E-state index is 0.225. The Morgan fingerprint density at radius 3 is 1.19 bits per heavy atom. The highest BCUT2D eigenvalue weighted by Gasteiger charge is 2.20. The summed E-state index contributed by atoms with van der Waals surface area (Å²) in [5, 5.41) is 7.15. The molecule has 0 aliphatic heterocycles. The third-order valence-corrected chi connectivity index (χ3v) is 3.47. The van der Waals surface area contributed by atoms with Crippen molar-refractivity contribution >= 4 is 0 Å². The van der Waals surface area contributed by atoms with Crippen molar-refractivity contribution in [1.82, 2.24) is 15.5 Å². The Morgan fingerprint density at radius 2 is 0.952 bits per heavy atom. The van der Waals surface area contributed by atoms with E-state index in [2.05, 4.69) is 77.8 Å². The molecule has 0 saturated carbocycles. The molecule has 0 fully saturated rings. The van der Waals surface area contributed by atoms with Crippen LogP contribution in [-0.4, -0.2) is 47.7 Å². The summed E-state index contributed by atoms with van der Waals surface area (Å²) in [6.07, 6.45) is 2.42. The lowest BCUT2D eigenvalue weighted by Crippen LogP contribution is -2.45. The van der Waals surface area contributed by atoms with Crippen LogP contribution in [0, 0.1) is 0 Å². The zero-order valence-electron chi connectivity index (χ0n) is 16.2. The van der Waals surface area contributed by atoms with Gasteiger partial charge in [0.25, 0.3) is 0 Å². The summed E-state index contributed by atoms with van der Waals surface area (Å²) in [7, 11) is 0. The molecule has 0 saturated heterocycles. The molecule has 0 amide bonds. The van der Waals surface area contributed by atoms with E-state index in [1.165, 1.54) is 25.9 Å². The van der Waals surface area contributed by atoms with Gasteiger partial charge in [-0.3, -0.25) is 4.90 Å². The second kappa shape index (κ2) is 8.50. The van der Waals surface area contributed by atoms with Crippen LogP contribution in [0.1, 0.15) is 75.2 Å². The molecule has 3 heteroatoms. The van der Waals surface area contributed by atoms with Crippen LogP contribution in [0.25, 0.3) is 0 Å². The lowest BCUT2D eigenvalue weighted by atomic mass is 10.0. The average Bonchev–Trinajstić information content (AvgIpc) is 2.22. The first-order valence-electron chi connectivity index (χ1n) is 8.56. The fraction of sp³-hybridized carbons (Fsp3) is 1.00. The van der Waals surface area contributed by atoms with Crippen LogP contribution in [0.4, 0.5) is 0 Å². The third kappa shape index (κ3) is 13.3. The fourth-order valence-electron chi connectivity index (χ4n) is 2.25. The molecule has 0 aromatic rings. The van der Waals surface area contributed by atoms with Crippen LogP contribution < -0.4 is 10.6 Å². The van der Waals surface area contributed by atoms with Gasteiger partial charge in [0.1, 0.15) is 0 Å². The van der Waals surface area contributed by atoms with Crippen molar-refractivity contribution in [3.05, 3.63) is 0 Å². The van der Waals surface area contributed by atoms with Crippen LogP contribution in [0.15, 0.2) is 0 Å². The minimum absolute atomic E-state index is 0.225. The summed E-state index contributed by atoms with van der Waals surface area (Å²) in [6.45, 7) is 24.9. The lowest BCUT2D eigenvalue weighted by molar-refractivity contribution is 0.131. The van der Waals surface area contributed by atoms with E-state index in [1.807, 2.05) is 0 Å². The second-order valence-electron chi connectivity index (χ2n) is 9.22. The molecular formula is C18H41N3. The standard InChI is InChI=1S/C18H41N3/c1-16(2,3)19-12-10-14-21(18(7,8)9)15-11-13-20-17(4,5)6/h19-20H,10-15H2,1-9H3. The quantitative estimate of drug-likeness (QED) is 0.670. The normalized spacial score (nSPS) is 14.0. The molecule has 0 bridgehead atoms. The van der Waals surface area contributed by atoms with Crippen molar-refractivity contribution in [3.63, 3.8) is 0 Å². The van der Waals surface area contributed by atoms with Gasteiger partial charge in [0.2, 0.25) is 0 Å². The molecule has 128 valence electrons. The Bertz CT molecular complexity index is 244. The van der Waals surface area contributed by atoms with E-state index in [0.29, 0.717) is 0 Å². The van der Waals surface area contributed by atoms with Gasteiger partial charge >= 0.3 is 0 Å². The van der Waals surface area contributed by atoms with Gasteiger partial charge in [0, 0.05) is 16.6 Å². The Morgan fingerprint density at radius 1 is 0.619 bits per heavy atom. The van der Waals surface area contributed by atoms with Crippen LogP contribution in [-0.2, 0) is 0 Å². The molecule has 3 nitrogen and oxygen atoms in total. The van der Waals surface area contributed by atoms with Crippen molar-refractivity contribution in [2.75, 3.05) is 26.2 Å². The predicted octanol–water partition coefficient (Wildman–Crippen LogP) is 3.64. The van der Waals surface area contributed by atoms with Gasteiger partial charge in [-0.1, -0.05) is 0 Å². The highest BCUT2D eigenvalue weighted by atomic mass is 15.2. The van der Waals surface area contributed by atoms with E-state index in [4.69, 9.17) is 0 Å². The van der Waals surface area contributed by atoms with E-state index >= 15 is 0 Å². The highest BCUT2D eigenvalue weighted by molar-refractivity contribution is 4.78. The first-order chi connectivity index (χ1) is 9.31. The van der Waals surface area contributed by atoms with E-state index in [9.17, 15) is 0 Å². The molecule has 0 rings (SSSR count). The maximum Gasteiger partial charge on any atom is 0.0125 e. The second-order valence-corrected chi connectivity index (χ2v) is 9.22. The van der Waals surface area contributed by atoms with E-state index < -0.39 is 0 Å². The molecule has 0 aromatic carbocycles. The molecule has 0 unspecified atom stereocenters. The summed E-state index contributed by atoms with van der Waals surface area (Å²) in [4.78, 5) is 2.61. The van der Waals surface area contributed by atoms with Gasteiger partial charge in [-0.05, 0) is 101 Å². The number of nitrogens with one attached hydrogen (secondary N) is 2. The Balaban J connectivity index is 4.06. The van der Waals surface area contributed by atoms with Gasteiger partial charge in [-0.2, -0.15) is 0 Å². The van der Waals surface area contributed by atoms with Crippen molar-refractivity contribution < 1.29 is 0 Å². The van der Waals surface area contributed by atoms with Crippen LogP contribution in [0.3, 0.4) is 0 Å². The molecule has 0 radical (unpaired) electrons. The summed E-state index contributed by atoms with van der Waals surface area (Å²) in [5.41, 5.74) is 0.704. The minimum Gasteiger partial charge on any atom is -0.312 e. The van der Waals surface area contributed by atoms with Gasteiger partial charge in [0.05, 0.1) is 0 Å². The third-order valence-electron chi connectivity index (χ3n) is 3.47. The first kappa shape index (κ1) is 20.9. The zero-order chi connectivity index (χ0) is 16.7. The molecule has 0 atom stereocenters. The van der Waals surface area contributed by atoms with Gasteiger partial charge in [0.15, 0.2) is 0 Å². The highest BCUT2D eigenvalue weighted by Crippen LogP contribution is 2.14. The van der Waals surface area contributed by atoms with E-state index in [1.54, 1.807) is 0 Å². The topological polar surface area (TPSA) is 27.3 Å². The molecule has 0 spiro atoms. The number of hydrogen-bond donors (Lipinski definition) is 2. The van der Waals surface area contributed by atoms with E-state index in [-0.39, 0.29) is 16.6 Å². The number of nitrogens with zero attached hydrogens (tertiary/aromatic N) is 1. The van der Waals surface area contributed by atoms with Crippen LogP contribution in [0.5, 0.6) is 0 Å². The van der Waals surface area contributed by atoms with Gasteiger partial charge in [-0.15, -0.1) is 0 Å². The molecule has 0 aromatic heterocycles. The number of rotatable bonds is 8. The zero-order valence-corrected chi connectivity index (χ0v) is 16.2. The first-order valence-corrected chi connectivity index (χ1v) is 8.56. The van der Waals surface area contributed by atoms with Crippen molar-refractivity contribution in [2.45, 2.75) is 91.8 Å². The fourth-order valence-corrected chi connectivity index (χ4v) is 2.25. The van der Waals surface area contributed by atoms with Crippen molar-refractivity contribution in [3.8, 4) is 0 Å². The Kier molecular flexibility index (Phi) is 8.45. The van der Waals surface area contributed by atoms with Gasteiger partial charge < -0.3 is 10.6 Å². The van der Waals surface area contributed by atoms with Crippen LogP contribution >= 0.6 is 0 Å². The summed E-state index contributed by atoms with van der Waals surface area (Å²) < 4.78 is 0. The van der Waals surface area contributed by atoms with Crippen molar-refractivity contribution in [1.29, 1.82) is 0 Å². The average molecular weight is 300 g/mol. The smallest absolute Gasteiger partial charge is 0.0125 e. The summed E-state index contributed by atoms with van der Waals surface area (Å²) in [5.74, 6) is 0.